The van der Waals surface area contributed by atoms with Gasteiger partial charge in [0.15, 0.2) is 11.5 Å². The van der Waals surface area contributed by atoms with Crippen LogP contribution in [0.15, 0.2) is 22.8 Å². The van der Waals surface area contributed by atoms with Crippen LogP contribution in [0.4, 0.5) is 5.82 Å². The van der Waals surface area contributed by atoms with Crippen LogP contribution < -0.4 is 5.73 Å². The molecule has 92 valence electrons. The number of pyridine rings is 1. The van der Waals surface area contributed by atoms with Crippen molar-refractivity contribution in [2.75, 3.05) is 5.73 Å². The van der Waals surface area contributed by atoms with Gasteiger partial charge in [0.2, 0.25) is 0 Å². The summed E-state index contributed by atoms with van der Waals surface area (Å²) < 4.78 is 2.62. The molecule has 7 heteroatoms. The Morgan fingerprint density at radius 2 is 2.28 bits per heavy atom. The van der Waals surface area contributed by atoms with Crippen molar-refractivity contribution < 1.29 is 0 Å². The molecule has 0 saturated carbocycles. The van der Waals surface area contributed by atoms with Gasteiger partial charge in [0.1, 0.15) is 5.82 Å². The minimum absolute atomic E-state index is 0.546. The number of aromatic nitrogens is 5. The van der Waals surface area contributed by atoms with Crippen LogP contribution in [0, 0.1) is 0 Å². The fourth-order valence-electron chi connectivity index (χ4n) is 1.90. The Kier molecular flexibility index (Phi) is 2.55. The van der Waals surface area contributed by atoms with E-state index in [2.05, 4.69) is 36.2 Å². The highest BCUT2D eigenvalue weighted by atomic mass is 79.9. The SMILES string of the molecule is CCc1nn(-c2ccc(Br)cn2)c2n[nH]c(N)c12. The van der Waals surface area contributed by atoms with Crippen LogP contribution >= 0.6 is 15.9 Å². The van der Waals surface area contributed by atoms with Gasteiger partial charge in [-0.1, -0.05) is 6.92 Å². The molecule has 0 saturated heterocycles. The summed E-state index contributed by atoms with van der Waals surface area (Å²) in [6.07, 6.45) is 2.52. The number of nitrogen functional groups attached to an aromatic ring is 1. The first-order chi connectivity index (χ1) is 8.70. The molecule has 0 unspecified atom stereocenters. The summed E-state index contributed by atoms with van der Waals surface area (Å²) in [4.78, 5) is 4.31. The molecule has 3 aromatic heterocycles. The van der Waals surface area contributed by atoms with Crippen molar-refractivity contribution in [3.63, 3.8) is 0 Å². The zero-order valence-electron chi connectivity index (χ0n) is 9.68. The second-order valence-corrected chi connectivity index (χ2v) is 4.80. The first-order valence-electron chi connectivity index (χ1n) is 5.54. The molecule has 0 aliphatic carbocycles. The smallest absolute Gasteiger partial charge is 0.188 e. The van der Waals surface area contributed by atoms with Gasteiger partial charge >= 0.3 is 0 Å². The lowest BCUT2D eigenvalue weighted by molar-refractivity contribution is 0.820. The largest absolute Gasteiger partial charge is 0.383 e. The van der Waals surface area contributed by atoms with Crippen molar-refractivity contribution in [3.05, 3.63) is 28.5 Å². The zero-order valence-corrected chi connectivity index (χ0v) is 11.3. The standard InChI is InChI=1S/C11H11BrN6/c1-2-7-9-10(13)15-16-11(9)18(17-7)8-4-3-6(12)5-14-8/h3-5H,2H2,1H3,(H3,13,15,16). The second kappa shape index (κ2) is 4.09. The molecule has 0 spiro atoms. The van der Waals surface area contributed by atoms with E-state index in [0.717, 1.165) is 27.8 Å². The second-order valence-electron chi connectivity index (χ2n) is 3.88. The number of hydrogen-bond acceptors (Lipinski definition) is 4. The Morgan fingerprint density at radius 1 is 1.44 bits per heavy atom. The van der Waals surface area contributed by atoms with Gasteiger partial charge in [-0.05, 0) is 34.5 Å². The number of H-pyrrole nitrogens is 1. The minimum atomic E-state index is 0.546. The summed E-state index contributed by atoms with van der Waals surface area (Å²) >= 11 is 3.36. The van der Waals surface area contributed by atoms with Gasteiger partial charge in [0, 0.05) is 10.7 Å². The highest BCUT2D eigenvalue weighted by molar-refractivity contribution is 9.10. The fraction of sp³-hybridized carbons (Fsp3) is 0.182. The molecule has 0 amide bonds. The molecule has 0 radical (unpaired) electrons. The van der Waals surface area contributed by atoms with Crippen molar-refractivity contribution >= 4 is 32.8 Å². The summed E-state index contributed by atoms with van der Waals surface area (Å²) in [5, 5.41) is 12.3. The quantitative estimate of drug-likeness (QED) is 0.759. The molecule has 0 atom stereocenters. The van der Waals surface area contributed by atoms with E-state index in [1.165, 1.54) is 0 Å². The average molecular weight is 307 g/mol. The predicted molar refractivity (Wildman–Crippen MR) is 72.5 cm³/mol. The molecule has 3 N–H and O–H groups in total. The summed E-state index contributed by atoms with van der Waals surface area (Å²) in [7, 11) is 0. The average Bonchev–Trinajstić information content (AvgIpc) is 2.92. The van der Waals surface area contributed by atoms with Crippen LogP contribution in [0.3, 0.4) is 0 Å². The van der Waals surface area contributed by atoms with Gasteiger partial charge in [0.05, 0.1) is 11.1 Å². The molecular weight excluding hydrogens is 296 g/mol. The van der Waals surface area contributed by atoms with E-state index in [1.54, 1.807) is 10.9 Å². The number of hydrogen-bond donors (Lipinski definition) is 2. The van der Waals surface area contributed by atoms with Gasteiger partial charge in [-0.15, -0.1) is 0 Å². The van der Waals surface area contributed by atoms with E-state index in [9.17, 15) is 0 Å². The van der Waals surface area contributed by atoms with Crippen LogP contribution in [0.1, 0.15) is 12.6 Å². The number of anilines is 1. The monoisotopic (exact) mass is 306 g/mol. The third kappa shape index (κ3) is 1.59. The maximum atomic E-state index is 5.87. The molecule has 6 nitrogen and oxygen atoms in total. The zero-order chi connectivity index (χ0) is 12.7. The molecule has 0 bridgehead atoms. The molecule has 0 aliphatic rings. The van der Waals surface area contributed by atoms with Crippen LogP contribution in [-0.2, 0) is 6.42 Å². The molecule has 3 aromatic rings. The molecule has 3 heterocycles. The van der Waals surface area contributed by atoms with Gasteiger partial charge in [-0.3, -0.25) is 5.10 Å². The lowest BCUT2D eigenvalue weighted by atomic mass is 10.2. The Morgan fingerprint density at radius 3 is 2.94 bits per heavy atom. The fourth-order valence-corrected chi connectivity index (χ4v) is 2.14. The summed E-state index contributed by atoms with van der Waals surface area (Å²) in [6.45, 7) is 2.04. The van der Waals surface area contributed by atoms with Crippen molar-refractivity contribution in [2.45, 2.75) is 13.3 Å². The van der Waals surface area contributed by atoms with E-state index >= 15 is 0 Å². The van der Waals surface area contributed by atoms with Crippen molar-refractivity contribution in [3.8, 4) is 5.82 Å². The van der Waals surface area contributed by atoms with E-state index in [4.69, 9.17) is 5.73 Å². The third-order valence-electron chi connectivity index (χ3n) is 2.75. The first kappa shape index (κ1) is 11.2. The van der Waals surface area contributed by atoms with Crippen molar-refractivity contribution in [1.82, 2.24) is 25.0 Å². The normalized spacial score (nSPS) is 11.2. The number of aromatic amines is 1. The highest BCUT2D eigenvalue weighted by Gasteiger charge is 2.16. The topological polar surface area (TPSA) is 85.4 Å². The number of aryl methyl sites for hydroxylation is 1. The maximum Gasteiger partial charge on any atom is 0.188 e. The summed E-state index contributed by atoms with van der Waals surface area (Å²) in [6, 6.07) is 3.79. The maximum absolute atomic E-state index is 5.87. The van der Waals surface area contributed by atoms with Gasteiger partial charge in [-0.25, -0.2) is 4.98 Å². The Labute approximate surface area is 111 Å². The number of nitrogens with zero attached hydrogens (tertiary/aromatic N) is 4. The lowest BCUT2D eigenvalue weighted by Gasteiger charge is -1.99. The molecule has 3 rings (SSSR count). The third-order valence-corrected chi connectivity index (χ3v) is 3.22. The van der Waals surface area contributed by atoms with E-state index in [0.29, 0.717) is 11.5 Å². The van der Waals surface area contributed by atoms with Crippen LogP contribution in [0.2, 0.25) is 0 Å². The number of nitrogens with two attached hydrogens (primary N) is 1. The van der Waals surface area contributed by atoms with E-state index in [-0.39, 0.29) is 0 Å². The number of halogens is 1. The van der Waals surface area contributed by atoms with Crippen molar-refractivity contribution in [1.29, 1.82) is 0 Å². The minimum Gasteiger partial charge on any atom is -0.383 e. The molecular formula is C11H11BrN6. The number of fused-ring (bicyclic) bond motifs is 1. The Bertz CT molecular complexity index is 696. The van der Waals surface area contributed by atoms with Gasteiger partial charge in [-0.2, -0.15) is 14.9 Å². The van der Waals surface area contributed by atoms with Gasteiger partial charge in [0.25, 0.3) is 0 Å². The molecule has 0 fully saturated rings. The highest BCUT2D eigenvalue weighted by Crippen LogP contribution is 2.24. The lowest BCUT2D eigenvalue weighted by Crippen LogP contribution is -2.00. The molecule has 18 heavy (non-hydrogen) atoms. The Balaban J connectivity index is 2.26. The van der Waals surface area contributed by atoms with Crippen LogP contribution in [0.5, 0.6) is 0 Å². The Hall–Kier alpha value is -1.89. The van der Waals surface area contributed by atoms with Gasteiger partial charge < -0.3 is 5.73 Å². The van der Waals surface area contributed by atoms with E-state index < -0.39 is 0 Å². The summed E-state index contributed by atoms with van der Waals surface area (Å²) in [5.74, 6) is 1.26. The van der Waals surface area contributed by atoms with Crippen LogP contribution in [0.25, 0.3) is 16.9 Å². The molecule has 0 aromatic carbocycles. The first-order valence-corrected chi connectivity index (χ1v) is 6.33. The van der Waals surface area contributed by atoms with Crippen molar-refractivity contribution in [2.24, 2.45) is 0 Å². The number of nitrogens with one attached hydrogen (secondary N) is 1. The van der Waals surface area contributed by atoms with E-state index in [1.807, 2.05) is 19.1 Å². The van der Waals surface area contributed by atoms with Crippen LogP contribution in [-0.4, -0.2) is 25.0 Å². The predicted octanol–water partition coefficient (Wildman–Crippen LogP) is 2.05. The number of rotatable bonds is 2. The summed E-state index contributed by atoms with van der Waals surface area (Å²) in [5.41, 5.74) is 7.49. The molecule has 0 aliphatic heterocycles.